The fourth-order valence-corrected chi connectivity index (χ4v) is 3.24. The van der Waals surface area contributed by atoms with Crippen LogP contribution >= 0.6 is 0 Å². The number of aliphatic hydroxyl groups is 1. The van der Waals surface area contributed by atoms with Gasteiger partial charge in [0.1, 0.15) is 18.9 Å². The number of rotatable bonds is 4. The van der Waals surface area contributed by atoms with E-state index in [1.807, 2.05) is 35.9 Å². The Hall–Kier alpha value is -2.51. The molecule has 1 aliphatic heterocycles. The van der Waals surface area contributed by atoms with Crippen LogP contribution in [0.4, 0.5) is 5.82 Å². The van der Waals surface area contributed by atoms with Crippen molar-refractivity contribution in [2.24, 2.45) is 0 Å². The molecular formula is C18H21N5O2. The summed E-state index contributed by atoms with van der Waals surface area (Å²) in [5.41, 5.74) is 3.46. The molecule has 7 nitrogen and oxygen atoms in total. The summed E-state index contributed by atoms with van der Waals surface area (Å²) in [7, 11) is 0. The van der Waals surface area contributed by atoms with Crippen molar-refractivity contribution in [3.05, 3.63) is 36.4 Å². The summed E-state index contributed by atoms with van der Waals surface area (Å²) in [6, 6.07) is 6.27. The Morgan fingerprint density at radius 3 is 2.80 bits per heavy atom. The number of hydrogen-bond donors (Lipinski definition) is 2. The lowest BCUT2D eigenvalue weighted by Crippen LogP contribution is -2.28. The first-order chi connectivity index (χ1) is 12.2. The second kappa shape index (κ2) is 6.78. The van der Waals surface area contributed by atoms with E-state index in [2.05, 4.69) is 20.3 Å². The number of nitrogens with one attached hydrogen (secondary N) is 1. The monoisotopic (exact) mass is 339 g/mol. The maximum Gasteiger partial charge on any atom is 0.128 e. The van der Waals surface area contributed by atoms with Crippen LogP contribution in [0.15, 0.2) is 30.7 Å². The van der Waals surface area contributed by atoms with Gasteiger partial charge in [-0.1, -0.05) is 0 Å². The van der Waals surface area contributed by atoms with Gasteiger partial charge in [0.25, 0.3) is 0 Å². The zero-order chi connectivity index (χ0) is 17.2. The number of hydrogen-bond acceptors (Lipinski definition) is 6. The molecule has 0 bridgehead atoms. The first kappa shape index (κ1) is 16.0. The van der Waals surface area contributed by atoms with Crippen molar-refractivity contribution in [1.29, 1.82) is 0 Å². The molecule has 3 aromatic rings. The Bertz CT molecular complexity index is 886. The van der Waals surface area contributed by atoms with Gasteiger partial charge in [-0.25, -0.2) is 15.0 Å². The number of pyridine rings is 1. The average molecular weight is 339 g/mol. The number of anilines is 1. The number of ether oxygens (including phenoxy) is 1. The Morgan fingerprint density at radius 2 is 2.04 bits per heavy atom. The minimum absolute atomic E-state index is 0.122. The highest BCUT2D eigenvalue weighted by Crippen LogP contribution is 2.28. The van der Waals surface area contributed by atoms with E-state index in [0.29, 0.717) is 6.04 Å². The number of aryl methyl sites for hydroxylation is 1. The van der Waals surface area contributed by atoms with E-state index in [1.54, 1.807) is 6.33 Å². The molecule has 1 saturated heterocycles. The Kier molecular flexibility index (Phi) is 4.33. The van der Waals surface area contributed by atoms with Gasteiger partial charge in [-0.05, 0) is 31.9 Å². The molecule has 0 radical (unpaired) electrons. The third-order valence-corrected chi connectivity index (χ3v) is 4.57. The molecular weight excluding hydrogens is 318 g/mol. The van der Waals surface area contributed by atoms with Crippen LogP contribution in [-0.2, 0) is 11.5 Å². The highest BCUT2D eigenvalue weighted by molar-refractivity contribution is 5.87. The van der Waals surface area contributed by atoms with Crippen LogP contribution in [-0.4, -0.2) is 43.9 Å². The molecule has 1 fully saturated rings. The molecule has 1 aliphatic rings. The van der Waals surface area contributed by atoms with Crippen LogP contribution in [0.1, 0.15) is 18.5 Å². The molecule has 2 N–H and O–H groups in total. The van der Waals surface area contributed by atoms with Crippen LogP contribution in [0.5, 0.6) is 0 Å². The van der Waals surface area contributed by atoms with Crippen molar-refractivity contribution in [1.82, 2.24) is 19.5 Å². The maximum absolute atomic E-state index is 9.91. The summed E-state index contributed by atoms with van der Waals surface area (Å²) in [5.74, 6) is 0.817. The van der Waals surface area contributed by atoms with Crippen molar-refractivity contribution in [3.8, 4) is 11.4 Å². The summed E-state index contributed by atoms with van der Waals surface area (Å²) in [4.78, 5) is 13.0. The molecule has 0 aromatic carbocycles. The topological polar surface area (TPSA) is 85.1 Å². The Morgan fingerprint density at radius 1 is 1.20 bits per heavy atom. The van der Waals surface area contributed by atoms with Gasteiger partial charge >= 0.3 is 0 Å². The Balaban J connectivity index is 1.71. The predicted molar refractivity (Wildman–Crippen MR) is 95.2 cm³/mol. The van der Waals surface area contributed by atoms with E-state index >= 15 is 0 Å². The zero-order valence-electron chi connectivity index (χ0n) is 14.1. The minimum Gasteiger partial charge on any atom is -0.381 e. The maximum atomic E-state index is 9.91. The van der Waals surface area contributed by atoms with E-state index in [4.69, 9.17) is 4.74 Å². The van der Waals surface area contributed by atoms with Crippen LogP contribution in [0.2, 0.25) is 0 Å². The second-order valence-electron chi connectivity index (χ2n) is 6.30. The third kappa shape index (κ3) is 3.20. The van der Waals surface area contributed by atoms with Gasteiger partial charge in [0.05, 0.1) is 16.9 Å². The summed E-state index contributed by atoms with van der Waals surface area (Å²) >= 11 is 0. The summed E-state index contributed by atoms with van der Waals surface area (Å²) in [5, 5.41) is 14.4. The van der Waals surface area contributed by atoms with Gasteiger partial charge < -0.3 is 19.7 Å². The largest absolute Gasteiger partial charge is 0.381 e. The standard InChI is InChI=1S/C18H21N5O2/c1-12-6-15(21-10-20-12)17-7-13-9-19-18(8-16(13)23(17)11-24)22-14-2-4-25-5-3-14/h6-10,14,24H,2-5,11H2,1H3,(H,19,22). The molecule has 0 aliphatic carbocycles. The van der Waals surface area contributed by atoms with Crippen molar-refractivity contribution < 1.29 is 9.84 Å². The molecule has 4 rings (SSSR count). The smallest absolute Gasteiger partial charge is 0.128 e. The fraction of sp³-hybridized carbons (Fsp3) is 0.389. The van der Waals surface area contributed by atoms with Gasteiger partial charge in [0, 0.05) is 42.6 Å². The van der Waals surface area contributed by atoms with Crippen molar-refractivity contribution in [2.75, 3.05) is 18.5 Å². The molecule has 130 valence electrons. The van der Waals surface area contributed by atoms with Crippen molar-refractivity contribution >= 4 is 16.7 Å². The number of aliphatic hydroxyl groups excluding tert-OH is 1. The molecule has 0 amide bonds. The fourth-order valence-electron chi connectivity index (χ4n) is 3.24. The first-order valence-electron chi connectivity index (χ1n) is 8.48. The van der Waals surface area contributed by atoms with Gasteiger partial charge in [-0.2, -0.15) is 0 Å². The van der Waals surface area contributed by atoms with Crippen molar-refractivity contribution in [3.63, 3.8) is 0 Å². The first-order valence-corrected chi connectivity index (χ1v) is 8.48. The van der Waals surface area contributed by atoms with Gasteiger partial charge in [-0.3, -0.25) is 0 Å². The summed E-state index contributed by atoms with van der Waals surface area (Å²) in [6.07, 6.45) is 5.33. The predicted octanol–water partition coefficient (Wildman–Crippen LogP) is 2.34. The lowest BCUT2D eigenvalue weighted by molar-refractivity contribution is 0.0904. The van der Waals surface area contributed by atoms with E-state index < -0.39 is 0 Å². The van der Waals surface area contributed by atoms with Gasteiger partial charge in [-0.15, -0.1) is 0 Å². The zero-order valence-corrected chi connectivity index (χ0v) is 14.1. The summed E-state index contributed by atoms with van der Waals surface area (Å²) in [6.45, 7) is 3.37. The molecule has 3 aromatic heterocycles. The molecule has 0 saturated carbocycles. The Labute approximate surface area is 145 Å². The molecule has 7 heteroatoms. The molecule has 4 heterocycles. The molecule has 0 unspecified atom stereocenters. The number of fused-ring (bicyclic) bond motifs is 1. The van der Waals surface area contributed by atoms with Crippen LogP contribution < -0.4 is 5.32 Å². The van der Waals surface area contributed by atoms with Crippen molar-refractivity contribution in [2.45, 2.75) is 32.5 Å². The lowest BCUT2D eigenvalue weighted by atomic mass is 10.1. The quantitative estimate of drug-likeness (QED) is 0.759. The second-order valence-corrected chi connectivity index (χ2v) is 6.30. The minimum atomic E-state index is -0.122. The van der Waals surface area contributed by atoms with Crippen LogP contribution in [0.3, 0.4) is 0 Å². The average Bonchev–Trinajstić information content (AvgIpc) is 3.00. The van der Waals surface area contributed by atoms with Gasteiger partial charge in [0.15, 0.2) is 0 Å². The van der Waals surface area contributed by atoms with Crippen LogP contribution in [0.25, 0.3) is 22.3 Å². The SMILES string of the molecule is Cc1cc(-c2cc3cnc(NC4CCOCC4)cc3n2CO)ncn1. The summed E-state index contributed by atoms with van der Waals surface area (Å²) < 4.78 is 7.24. The van der Waals surface area contributed by atoms with Crippen LogP contribution in [0, 0.1) is 6.92 Å². The van der Waals surface area contributed by atoms with E-state index in [-0.39, 0.29) is 6.73 Å². The number of aromatic nitrogens is 4. The molecule has 25 heavy (non-hydrogen) atoms. The third-order valence-electron chi connectivity index (χ3n) is 4.57. The highest BCUT2D eigenvalue weighted by Gasteiger charge is 2.16. The van der Waals surface area contributed by atoms with Gasteiger partial charge in [0.2, 0.25) is 0 Å². The number of nitrogens with zero attached hydrogens (tertiary/aromatic N) is 4. The van der Waals surface area contributed by atoms with E-state index in [1.165, 1.54) is 0 Å². The molecule has 0 spiro atoms. The lowest BCUT2D eigenvalue weighted by Gasteiger charge is -2.23. The van der Waals surface area contributed by atoms with E-state index in [0.717, 1.165) is 59.9 Å². The molecule has 0 atom stereocenters. The van der Waals surface area contributed by atoms with E-state index in [9.17, 15) is 5.11 Å². The highest BCUT2D eigenvalue weighted by atomic mass is 16.5. The normalized spacial score (nSPS) is 15.6.